The van der Waals surface area contributed by atoms with Crippen molar-refractivity contribution in [3.63, 3.8) is 0 Å². The van der Waals surface area contributed by atoms with Crippen LogP contribution in [0.4, 0.5) is 23.2 Å². The summed E-state index contributed by atoms with van der Waals surface area (Å²) in [5.74, 6) is -4.36. The Balaban J connectivity index is 1.63. The number of nitrogens with zero attached hydrogens (tertiary/aromatic N) is 1. The summed E-state index contributed by atoms with van der Waals surface area (Å²) in [5.41, 5.74) is -1.21. The molecule has 2 fully saturated rings. The maximum atomic E-state index is 14.9. The van der Waals surface area contributed by atoms with Crippen LogP contribution in [0.25, 0.3) is 0 Å². The van der Waals surface area contributed by atoms with Gasteiger partial charge in [-0.15, -0.1) is 13.2 Å². The fourth-order valence-electron chi connectivity index (χ4n) is 6.21. The van der Waals surface area contributed by atoms with Crippen molar-refractivity contribution in [2.75, 3.05) is 4.90 Å². The molecule has 3 aliphatic rings. The zero-order valence-electron chi connectivity index (χ0n) is 20.5. The first-order valence-electron chi connectivity index (χ1n) is 12.6. The summed E-state index contributed by atoms with van der Waals surface area (Å²) >= 11 is 6.14. The van der Waals surface area contributed by atoms with Gasteiger partial charge in [-0.05, 0) is 73.6 Å². The van der Waals surface area contributed by atoms with Crippen molar-refractivity contribution < 1.29 is 41.8 Å². The van der Waals surface area contributed by atoms with Gasteiger partial charge in [0.05, 0.1) is 5.02 Å². The molecule has 0 radical (unpaired) electrons. The average Bonchev–Trinajstić information content (AvgIpc) is 3.55. The number of benzene rings is 2. The van der Waals surface area contributed by atoms with E-state index in [1.165, 1.54) is 23.1 Å². The van der Waals surface area contributed by atoms with Crippen LogP contribution in [0, 0.1) is 11.7 Å². The number of aldehydes is 1. The van der Waals surface area contributed by atoms with E-state index in [0.717, 1.165) is 31.0 Å². The lowest BCUT2D eigenvalue weighted by molar-refractivity contribution is -0.274. The van der Waals surface area contributed by atoms with Crippen LogP contribution in [0.5, 0.6) is 5.75 Å². The van der Waals surface area contributed by atoms with Crippen molar-refractivity contribution in [3.8, 4) is 5.75 Å². The second-order valence-corrected chi connectivity index (χ2v) is 10.7. The second kappa shape index (κ2) is 10.1. The fourth-order valence-corrected chi connectivity index (χ4v) is 6.37. The minimum absolute atomic E-state index is 0.0634. The van der Waals surface area contributed by atoms with Gasteiger partial charge in [0.25, 0.3) is 5.91 Å². The molecule has 1 heterocycles. The molecule has 39 heavy (non-hydrogen) atoms. The summed E-state index contributed by atoms with van der Waals surface area (Å²) in [6, 6.07) is 6.26. The normalized spacial score (nSPS) is 23.9. The fraction of sp³-hybridized carbons (Fsp3) is 0.444. The molecule has 7 nitrogen and oxygen atoms in total. The number of carbonyl (C=O) groups is 3. The Kier molecular flexibility index (Phi) is 7.09. The van der Waals surface area contributed by atoms with E-state index < -0.39 is 53.2 Å². The molecule has 2 aromatic rings. The number of rotatable bonds is 8. The number of aliphatic carboxylic acids is 1. The van der Waals surface area contributed by atoms with E-state index in [0.29, 0.717) is 25.5 Å². The highest BCUT2D eigenvalue weighted by Gasteiger charge is 2.58. The molecule has 0 saturated heterocycles. The molecular formula is C27H25ClF4N2O5. The SMILES string of the molecule is O=CCC(NC1CC1)(C(=O)O)C1c2cc(F)c(Cl)cc2N(C(=O)c2ccc(OC(F)(F)F)cc2)C2CCCC21. The number of anilines is 1. The maximum Gasteiger partial charge on any atom is 0.573 e. The van der Waals surface area contributed by atoms with Gasteiger partial charge in [-0.2, -0.15) is 0 Å². The Morgan fingerprint density at radius 3 is 2.41 bits per heavy atom. The number of halogens is 5. The van der Waals surface area contributed by atoms with Crippen molar-refractivity contribution in [1.82, 2.24) is 5.32 Å². The van der Waals surface area contributed by atoms with Crippen LogP contribution in [0.15, 0.2) is 36.4 Å². The minimum atomic E-state index is -4.89. The Morgan fingerprint density at radius 1 is 1.13 bits per heavy atom. The maximum absolute atomic E-state index is 14.9. The van der Waals surface area contributed by atoms with Gasteiger partial charge < -0.3 is 19.5 Å². The number of hydrogen-bond donors (Lipinski definition) is 2. The summed E-state index contributed by atoms with van der Waals surface area (Å²) in [4.78, 5) is 40.0. The highest BCUT2D eigenvalue weighted by atomic mass is 35.5. The predicted molar refractivity (Wildman–Crippen MR) is 132 cm³/mol. The summed E-state index contributed by atoms with van der Waals surface area (Å²) in [6.07, 6.45) is -1.52. The first kappa shape index (κ1) is 27.4. The van der Waals surface area contributed by atoms with Crippen LogP contribution in [-0.2, 0) is 9.59 Å². The smallest absolute Gasteiger partial charge is 0.480 e. The highest BCUT2D eigenvalue weighted by molar-refractivity contribution is 6.31. The van der Waals surface area contributed by atoms with Gasteiger partial charge in [0.15, 0.2) is 0 Å². The van der Waals surface area contributed by atoms with E-state index in [2.05, 4.69) is 10.1 Å². The van der Waals surface area contributed by atoms with Crippen LogP contribution < -0.4 is 15.0 Å². The lowest BCUT2D eigenvalue weighted by atomic mass is 9.65. The molecule has 0 bridgehead atoms. The molecule has 2 aliphatic carbocycles. The number of carboxylic acids is 1. The van der Waals surface area contributed by atoms with E-state index in [-0.39, 0.29) is 34.3 Å². The zero-order valence-corrected chi connectivity index (χ0v) is 21.3. The summed E-state index contributed by atoms with van der Waals surface area (Å²) in [5, 5.41) is 13.4. The van der Waals surface area contributed by atoms with Gasteiger partial charge >= 0.3 is 12.3 Å². The van der Waals surface area contributed by atoms with Crippen LogP contribution in [0.2, 0.25) is 5.02 Å². The molecule has 2 N–H and O–H groups in total. The molecular weight excluding hydrogens is 544 g/mol. The molecule has 1 aliphatic heterocycles. The molecule has 0 spiro atoms. The molecule has 12 heteroatoms. The number of fused-ring (bicyclic) bond motifs is 2. The molecule has 5 rings (SSSR count). The third-order valence-corrected chi connectivity index (χ3v) is 8.16. The van der Waals surface area contributed by atoms with E-state index in [9.17, 15) is 37.1 Å². The minimum Gasteiger partial charge on any atom is -0.480 e. The molecule has 2 aromatic carbocycles. The van der Waals surface area contributed by atoms with E-state index in [4.69, 9.17) is 11.6 Å². The number of alkyl halides is 3. The van der Waals surface area contributed by atoms with E-state index in [1.54, 1.807) is 0 Å². The summed E-state index contributed by atoms with van der Waals surface area (Å²) in [7, 11) is 0. The van der Waals surface area contributed by atoms with E-state index in [1.807, 2.05) is 0 Å². The molecule has 4 unspecified atom stereocenters. The first-order chi connectivity index (χ1) is 18.4. The quantitative estimate of drug-likeness (QED) is 0.325. The Labute approximate surface area is 226 Å². The van der Waals surface area contributed by atoms with Crippen LogP contribution in [0.3, 0.4) is 0 Å². The zero-order chi connectivity index (χ0) is 28.1. The lowest BCUT2D eigenvalue weighted by Gasteiger charge is -2.50. The largest absolute Gasteiger partial charge is 0.573 e. The number of hydrogen-bond acceptors (Lipinski definition) is 5. The number of carbonyl (C=O) groups excluding carboxylic acids is 2. The van der Waals surface area contributed by atoms with Gasteiger partial charge in [0.1, 0.15) is 23.4 Å². The number of ether oxygens (including phenoxy) is 1. The Hall–Kier alpha value is -3.18. The molecule has 4 atom stereocenters. The standard InChI is InChI=1S/C27H25ClF4N2O5/c28-19-13-22-18(12-20(19)29)23(26(10-11-35,25(37)38)33-15-6-7-15)17-2-1-3-21(17)34(22)24(36)14-4-8-16(9-5-14)39-27(30,31)32/h4-5,8-9,11-13,15,17,21,23,33H,1-3,6-7,10H2,(H,37,38). The van der Waals surface area contributed by atoms with Gasteiger partial charge in [-0.1, -0.05) is 18.0 Å². The lowest BCUT2D eigenvalue weighted by Crippen LogP contribution is -2.62. The third kappa shape index (κ3) is 5.09. The van der Waals surface area contributed by atoms with Crippen LogP contribution in [0.1, 0.15) is 60.4 Å². The van der Waals surface area contributed by atoms with E-state index >= 15 is 0 Å². The first-order valence-corrected chi connectivity index (χ1v) is 13.0. The summed E-state index contributed by atoms with van der Waals surface area (Å²) < 4.78 is 56.6. The van der Waals surface area contributed by atoms with Gasteiger partial charge in [-0.3, -0.25) is 14.9 Å². The predicted octanol–water partition coefficient (Wildman–Crippen LogP) is 5.45. The van der Waals surface area contributed by atoms with Crippen LogP contribution >= 0.6 is 11.6 Å². The molecule has 1 amide bonds. The highest BCUT2D eigenvalue weighted by Crippen LogP contribution is 2.55. The monoisotopic (exact) mass is 568 g/mol. The Bertz CT molecular complexity index is 1300. The molecule has 2 saturated carbocycles. The number of amides is 1. The number of nitrogens with one attached hydrogen (secondary N) is 1. The van der Waals surface area contributed by atoms with Crippen molar-refractivity contribution >= 4 is 35.5 Å². The van der Waals surface area contributed by atoms with Crippen molar-refractivity contribution in [1.29, 1.82) is 0 Å². The van der Waals surface area contributed by atoms with Gasteiger partial charge in [0.2, 0.25) is 0 Å². The van der Waals surface area contributed by atoms with Crippen LogP contribution in [-0.4, -0.2) is 47.3 Å². The van der Waals surface area contributed by atoms with Gasteiger partial charge in [-0.25, -0.2) is 4.39 Å². The van der Waals surface area contributed by atoms with Crippen molar-refractivity contribution in [2.45, 2.75) is 68.4 Å². The van der Waals surface area contributed by atoms with Crippen molar-refractivity contribution in [2.24, 2.45) is 5.92 Å². The van der Waals surface area contributed by atoms with Gasteiger partial charge in [0, 0.05) is 35.7 Å². The second-order valence-electron chi connectivity index (χ2n) is 10.3. The third-order valence-electron chi connectivity index (χ3n) is 7.87. The molecule has 208 valence electrons. The topological polar surface area (TPSA) is 95.9 Å². The number of carboxylic acid groups (broad SMARTS) is 1. The Morgan fingerprint density at radius 2 is 1.82 bits per heavy atom. The average molecular weight is 569 g/mol. The summed E-state index contributed by atoms with van der Waals surface area (Å²) in [6.45, 7) is 0. The molecule has 0 aromatic heterocycles. The van der Waals surface area contributed by atoms with Crippen molar-refractivity contribution in [3.05, 3.63) is 58.4 Å².